The zero-order valence-electron chi connectivity index (χ0n) is 12.8. The van der Waals surface area contributed by atoms with E-state index >= 15 is 0 Å². The zero-order valence-corrected chi connectivity index (χ0v) is 12.8. The number of anilines is 1. The van der Waals surface area contributed by atoms with Crippen molar-refractivity contribution in [1.29, 1.82) is 5.26 Å². The van der Waals surface area contributed by atoms with Crippen LogP contribution in [-0.4, -0.2) is 30.4 Å². The number of hydrogen-bond acceptors (Lipinski definition) is 3. The van der Waals surface area contributed by atoms with Crippen molar-refractivity contribution in [2.75, 3.05) is 25.0 Å². The molecule has 21 heavy (non-hydrogen) atoms. The van der Waals surface area contributed by atoms with Crippen LogP contribution in [0.3, 0.4) is 0 Å². The molecule has 1 aliphatic heterocycles. The lowest BCUT2D eigenvalue weighted by atomic mass is 9.92. The molecule has 2 unspecified atom stereocenters. The Bertz CT molecular complexity index is 525. The van der Waals surface area contributed by atoms with Gasteiger partial charge in [-0.15, -0.1) is 0 Å². The normalized spacial score (nSPS) is 22.5. The summed E-state index contributed by atoms with van der Waals surface area (Å²) < 4.78 is 0. The predicted octanol–water partition coefficient (Wildman–Crippen LogP) is 2.86. The Kier molecular flexibility index (Phi) is 5.35. The number of hydrogen-bond donors (Lipinski definition) is 1. The molecule has 0 bridgehead atoms. The molecular formula is C17H23N3O. The van der Waals surface area contributed by atoms with Crippen molar-refractivity contribution in [3.8, 4) is 6.07 Å². The van der Waals surface area contributed by atoms with Crippen molar-refractivity contribution >= 4 is 11.6 Å². The van der Waals surface area contributed by atoms with E-state index in [0.717, 1.165) is 19.6 Å². The first kappa shape index (κ1) is 15.5. The first-order valence-corrected chi connectivity index (χ1v) is 7.60. The Morgan fingerprint density at radius 2 is 2.00 bits per heavy atom. The number of carbonyl (C=O) groups excluding carboxylic acids is 1. The summed E-state index contributed by atoms with van der Waals surface area (Å²) in [6.07, 6.45) is 1.75. The maximum absolute atomic E-state index is 12.0. The SMILES string of the molecule is CC1CC(C)CN(CCC(=O)Nc2ccccc2C#N)C1. The molecule has 0 radical (unpaired) electrons. The summed E-state index contributed by atoms with van der Waals surface area (Å²) in [6, 6.07) is 9.19. The highest BCUT2D eigenvalue weighted by molar-refractivity contribution is 5.92. The van der Waals surface area contributed by atoms with E-state index in [1.165, 1.54) is 6.42 Å². The van der Waals surface area contributed by atoms with E-state index in [-0.39, 0.29) is 5.91 Å². The van der Waals surface area contributed by atoms with Crippen LogP contribution >= 0.6 is 0 Å². The number of benzene rings is 1. The third-order valence-electron chi connectivity index (χ3n) is 3.92. The molecule has 2 rings (SSSR count). The fourth-order valence-electron chi connectivity index (χ4n) is 3.14. The van der Waals surface area contributed by atoms with Crippen molar-refractivity contribution in [2.24, 2.45) is 11.8 Å². The van der Waals surface area contributed by atoms with Crippen LogP contribution in [0, 0.1) is 23.2 Å². The van der Waals surface area contributed by atoms with Crippen LogP contribution in [0.1, 0.15) is 32.3 Å². The number of nitriles is 1. The van der Waals surface area contributed by atoms with Crippen LogP contribution in [0.4, 0.5) is 5.69 Å². The highest BCUT2D eigenvalue weighted by atomic mass is 16.1. The third kappa shape index (κ3) is 4.57. The van der Waals surface area contributed by atoms with Gasteiger partial charge in [-0.1, -0.05) is 26.0 Å². The summed E-state index contributed by atoms with van der Waals surface area (Å²) in [7, 11) is 0. The van der Waals surface area contributed by atoms with Crippen molar-refractivity contribution in [2.45, 2.75) is 26.7 Å². The van der Waals surface area contributed by atoms with Gasteiger partial charge in [0.1, 0.15) is 6.07 Å². The van der Waals surface area contributed by atoms with Gasteiger partial charge in [0.2, 0.25) is 5.91 Å². The Morgan fingerprint density at radius 3 is 2.67 bits per heavy atom. The van der Waals surface area contributed by atoms with Gasteiger partial charge < -0.3 is 10.2 Å². The van der Waals surface area contributed by atoms with Crippen LogP contribution in [0.2, 0.25) is 0 Å². The lowest BCUT2D eigenvalue weighted by molar-refractivity contribution is -0.116. The molecule has 0 saturated carbocycles. The first-order valence-electron chi connectivity index (χ1n) is 7.60. The molecule has 1 aromatic carbocycles. The largest absolute Gasteiger partial charge is 0.325 e. The third-order valence-corrected chi connectivity index (χ3v) is 3.92. The average Bonchev–Trinajstić information content (AvgIpc) is 2.45. The van der Waals surface area contributed by atoms with E-state index in [1.807, 2.05) is 6.07 Å². The number of carbonyl (C=O) groups is 1. The first-order chi connectivity index (χ1) is 10.1. The van der Waals surface area contributed by atoms with Gasteiger partial charge >= 0.3 is 0 Å². The zero-order chi connectivity index (χ0) is 15.2. The molecule has 4 nitrogen and oxygen atoms in total. The maximum Gasteiger partial charge on any atom is 0.225 e. The van der Waals surface area contributed by atoms with Crippen LogP contribution < -0.4 is 5.32 Å². The van der Waals surface area contributed by atoms with Gasteiger partial charge in [0.05, 0.1) is 11.3 Å². The monoisotopic (exact) mass is 285 g/mol. The number of likely N-dealkylation sites (tertiary alicyclic amines) is 1. The Hall–Kier alpha value is -1.86. The Morgan fingerprint density at radius 1 is 1.33 bits per heavy atom. The molecule has 1 saturated heterocycles. The van der Waals surface area contributed by atoms with E-state index in [2.05, 4.69) is 30.1 Å². The van der Waals surface area contributed by atoms with Crippen LogP contribution in [0.15, 0.2) is 24.3 Å². The molecule has 0 aliphatic carbocycles. The molecule has 1 fully saturated rings. The van der Waals surface area contributed by atoms with E-state index in [9.17, 15) is 4.79 Å². The average molecular weight is 285 g/mol. The highest BCUT2D eigenvalue weighted by Gasteiger charge is 2.21. The number of nitrogens with zero attached hydrogens (tertiary/aromatic N) is 2. The minimum atomic E-state index is -0.0245. The molecule has 0 aromatic heterocycles. The van der Waals surface area contributed by atoms with Crippen LogP contribution in [-0.2, 0) is 4.79 Å². The number of para-hydroxylation sites is 1. The predicted molar refractivity (Wildman–Crippen MR) is 83.8 cm³/mol. The number of nitrogens with one attached hydrogen (secondary N) is 1. The van der Waals surface area contributed by atoms with Crippen LogP contribution in [0.25, 0.3) is 0 Å². The Labute approximate surface area is 126 Å². The van der Waals surface area contributed by atoms with E-state index < -0.39 is 0 Å². The smallest absolute Gasteiger partial charge is 0.225 e. The summed E-state index contributed by atoms with van der Waals surface area (Å²) in [6.45, 7) is 7.48. The summed E-state index contributed by atoms with van der Waals surface area (Å²) in [4.78, 5) is 14.4. The Balaban J connectivity index is 1.84. The van der Waals surface area contributed by atoms with E-state index in [1.54, 1.807) is 18.2 Å². The van der Waals surface area contributed by atoms with Gasteiger partial charge in [-0.25, -0.2) is 0 Å². The molecule has 1 aliphatic rings. The van der Waals surface area contributed by atoms with Crippen molar-refractivity contribution in [3.63, 3.8) is 0 Å². The molecule has 4 heteroatoms. The minimum Gasteiger partial charge on any atom is -0.325 e. The second-order valence-electron chi connectivity index (χ2n) is 6.16. The fourth-order valence-corrected chi connectivity index (χ4v) is 3.14. The van der Waals surface area contributed by atoms with Gasteiger partial charge in [-0.05, 0) is 30.4 Å². The molecule has 2 atom stereocenters. The summed E-state index contributed by atoms with van der Waals surface area (Å²) in [5.41, 5.74) is 1.11. The lowest BCUT2D eigenvalue weighted by Crippen LogP contribution is -2.40. The van der Waals surface area contributed by atoms with Gasteiger partial charge in [-0.2, -0.15) is 5.26 Å². The van der Waals surface area contributed by atoms with E-state index in [4.69, 9.17) is 5.26 Å². The summed E-state index contributed by atoms with van der Waals surface area (Å²) in [5, 5.41) is 11.8. The second kappa shape index (κ2) is 7.24. The summed E-state index contributed by atoms with van der Waals surface area (Å²) >= 11 is 0. The number of amides is 1. The number of rotatable bonds is 4. The van der Waals surface area contributed by atoms with Crippen molar-refractivity contribution in [1.82, 2.24) is 4.90 Å². The van der Waals surface area contributed by atoms with Crippen molar-refractivity contribution < 1.29 is 4.79 Å². The fraction of sp³-hybridized carbons (Fsp3) is 0.529. The molecule has 1 aromatic rings. The number of piperidine rings is 1. The molecular weight excluding hydrogens is 262 g/mol. The van der Waals surface area contributed by atoms with Gasteiger partial charge in [0.15, 0.2) is 0 Å². The molecule has 1 N–H and O–H groups in total. The van der Waals surface area contributed by atoms with Crippen molar-refractivity contribution in [3.05, 3.63) is 29.8 Å². The topological polar surface area (TPSA) is 56.1 Å². The van der Waals surface area contributed by atoms with Gasteiger partial charge in [0.25, 0.3) is 0 Å². The van der Waals surface area contributed by atoms with E-state index in [0.29, 0.717) is 29.5 Å². The second-order valence-corrected chi connectivity index (χ2v) is 6.16. The quantitative estimate of drug-likeness (QED) is 0.925. The maximum atomic E-state index is 12.0. The molecule has 112 valence electrons. The lowest BCUT2D eigenvalue weighted by Gasteiger charge is -2.34. The van der Waals surface area contributed by atoms with Crippen LogP contribution in [0.5, 0.6) is 0 Å². The molecule has 1 amide bonds. The summed E-state index contributed by atoms with van der Waals surface area (Å²) in [5.74, 6) is 1.39. The molecule has 0 spiro atoms. The molecule has 1 heterocycles. The van der Waals surface area contributed by atoms with Gasteiger partial charge in [0, 0.05) is 26.1 Å². The highest BCUT2D eigenvalue weighted by Crippen LogP contribution is 2.21. The van der Waals surface area contributed by atoms with Gasteiger partial charge in [-0.3, -0.25) is 4.79 Å². The minimum absolute atomic E-state index is 0.0245. The standard InChI is InChI=1S/C17H23N3O/c1-13-9-14(2)12-20(11-13)8-7-17(21)19-16-6-4-3-5-15(16)10-18/h3-6,13-14H,7-9,11-12H2,1-2H3,(H,19,21).